The van der Waals surface area contributed by atoms with E-state index in [0.29, 0.717) is 46.2 Å². The van der Waals surface area contributed by atoms with Crippen molar-refractivity contribution in [1.29, 1.82) is 10.5 Å². The zero-order valence-electron chi connectivity index (χ0n) is 19.7. The molecule has 3 aromatic rings. The van der Waals surface area contributed by atoms with E-state index in [1.807, 2.05) is 0 Å². The van der Waals surface area contributed by atoms with Crippen LogP contribution in [0.5, 0.6) is 23.0 Å². The van der Waals surface area contributed by atoms with Crippen LogP contribution in [0.25, 0.3) is 0 Å². The number of benzene rings is 3. The van der Waals surface area contributed by atoms with Gasteiger partial charge in [-0.05, 0) is 73.5 Å². The molecule has 0 atom stereocenters. The molecule has 1 aliphatic heterocycles. The number of carbonyl (C=O) groups excluding carboxylic acids is 1. The Kier molecular flexibility index (Phi) is 8.15. The van der Waals surface area contributed by atoms with Crippen LogP contribution in [0, 0.1) is 22.7 Å². The van der Waals surface area contributed by atoms with Gasteiger partial charge in [0.2, 0.25) is 0 Å². The molecule has 1 heterocycles. The number of aliphatic hydroxyl groups is 1. The Bertz CT molecular complexity index is 1190. The summed E-state index contributed by atoms with van der Waals surface area (Å²) in [4.78, 5) is 15.3. The number of amides is 1. The molecule has 1 saturated heterocycles. The highest BCUT2D eigenvalue weighted by molar-refractivity contribution is 5.95. The third kappa shape index (κ3) is 6.61. The lowest BCUT2D eigenvalue weighted by Crippen LogP contribution is -2.45. The first-order valence-electron chi connectivity index (χ1n) is 11.7. The van der Waals surface area contributed by atoms with Gasteiger partial charge >= 0.3 is 0 Å². The van der Waals surface area contributed by atoms with E-state index in [1.165, 1.54) is 0 Å². The minimum atomic E-state index is -0.231. The van der Waals surface area contributed by atoms with Gasteiger partial charge in [0.05, 0.1) is 29.9 Å². The molecule has 0 bridgehead atoms. The zero-order chi connectivity index (χ0) is 25.3. The highest BCUT2D eigenvalue weighted by Crippen LogP contribution is 2.31. The normalized spacial score (nSPS) is 13.9. The van der Waals surface area contributed by atoms with Crippen LogP contribution < -0.4 is 14.8 Å². The molecule has 0 unspecified atom stereocenters. The fourth-order valence-electron chi connectivity index (χ4n) is 4.00. The predicted octanol–water partition coefficient (Wildman–Crippen LogP) is 4.20. The van der Waals surface area contributed by atoms with Crippen LogP contribution in [0.2, 0.25) is 0 Å². The maximum Gasteiger partial charge on any atom is 0.251 e. The quantitative estimate of drug-likeness (QED) is 0.494. The molecule has 0 radical (unpaired) electrons. The average Bonchev–Trinajstić information content (AvgIpc) is 2.91. The van der Waals surface area contributed by atoms with E-state index >= 15 is 0 Å². The van der Waals surface area contributed by atoms with Gasteiger partial charge < -0.3 is 24.8 Å². The smallest absolute Gasteiger partial charge is 0.251 e. The first-order chi connectivity index (χ1) is 17.6. The summed E-state index contributed by atoms with van der Waals surface area (Å²) >= 11 is 0. The highest BCUT2D eigenvalue weighted by atomic mass is 16.5. The van der Waals surface area contributed by atoms with Gasteiger partial charge in [-0.1, -0.05) is 0 Å². The fourth-order valence-corrected chi connectivity index (χ4v) is 4.00. The van der Waals surface area contributed by atoms with Crippen molar-refractivity contribution >= 4 is 5.91 Å². The van der Waals surface area contributed by atoms with Gasteiger partial charge in [-0.15, -0.1) is 0 Å². The van der Waals surface area contributed by atoms with Crippen LogP contribution in [0.15, 0.2) is 66.7 Å². The Morgan fingerprint density at radius 1 is 0.861 bits per heavy atom. The van der Waals surface area contributed by atoms with Crippen LogP contribution in [0.3, 0.4) is 0 Å². The van der Waals surface area contributed by atoms with Gasteiger partial charge in [0, 0.05) is 37.3 Å². The zero-order valence-corrected chi connectivity index (χ0v) is 19.7. The molecule has 36 heavy (non-hydrogen) atoms. The van der Waals surface area contributed by atoms with Gasteiger partial charge in [-0.2, -0.15) is 10.5 Å². The summed E-state index contributed by atoms with van der Waals surface area (Å²) < 4.78 is 11.9. The Balaban J connectivity index is 1.54. The van der Waals surface area contributed by atoms with Crippen LogP contribution in [-0.2, 0) is 0 Å². The van der Waals surface area contributed by atoms with E-state index in [0.717, 1.165) is 25.9 Å². The molecule has 3 aromatic carbocycles. The number of hydrogen-bond acceptors (Lipinski definition) is 7. The van der Waals surface area contributed by atoms with E-state index in [2.05, 4.69) is 22.4 Å². The van der Waals surface area contributed by atoms with Crippen molar-refractivity contribution < 1.29 is 19.4 Å². The molecule has 0 saturated carbocycles. The number of likely N-dealkylation sites (tertiary alicyclic amines) is 1. The van der Waals surface area contributed by atoms with E-state index in [1.54, 1.807) is 66.7 Å². The monoisotopic (exact) mass is 482 g/mol. The molecule has 1 fully saturated rings. The molecular formula is C28H26N4O4. The van der Waals surface area contributed by atoms with E-state index in [4.69, 9.17) is 25.1 Å². The summed E-state index contributed by atoms with van der Waals surface area (Å²) in [5.74, 6) is 1.63. The molecule has 8 nitrogen and oxygen atoms in total. The largest absolute Gasteiger partial charge is 0.457 e. The first-order valence-corrected chi connectivity index (χ1v) is 11.7. The molecular weight excluding hydrogens is 456 g/mol. The number of nitrogens with one attached hydrogen (secondary N) is 1. The summed E-state index contributed by atoms with van der Waals surface area (Å²) in [5.41, 5.74) is 1.43. The summed E-state index contributed by atoms with van der Waals surface area (Å²) in [6, 6.07) is 22.5. The number of nitrogens with zero attached hydrogens (tertiary/aromatic N) is 3. The minimum absolute atomic E-state index is 0.0402. The third-order valence-corrected chi connectivity index (χ3v) is 5.92. The van der Waals surface area contributed by atoms with Gasteiger partial charge in [0.25, 0.3) is 5.91 Å². The van der Waals surface area contributed by atoms with Crippen molar-refractivity contribution in [2.75, 3.05) is 26.2 Å². The molecule has 4 rings (SSSR count). The highest BCUT2D eigenvalue weighted by Gasteiger charge is 2.21. The number of piperidine rings is 1. The lowest BCUT2D eigenvalue weighted by molar-refractivity contribution is 0.0902. The number of aliphatic hydroxyl groups excluding tert-OH is 1. The van der Waals surface area contributed by atoms with Crippen LogP contribution in [0.1, 0.15) is 34.3 Å². The summed E-state index contributed by atoms with van der Waals surface area (Å²) in [6.07, 6.45) is 1.61. The second-order valence-electron chi connectivity index (χ2n) is 8.48. The van der Waals surface area contributed by atoms with Gasteiger partial charge in [0.15, 0.2) is 0 Å². The maximum atomic E-state index is 13.1. The minimum Gasteiger partial charge on any atom is -0.457 e. The molecule has 2 N–H and O–H groups in total. The number of rotatable bonds is 8. The number of β-amino-alcohol motifs (C(OH)–C–C–N with tert-alkyl or cyclic N) is 1. The van der Waals surface area contributed by atoms with Crippen molar-refractivity contribution in [2.45, 2.75) is 18.9 Å². The van der Waals surface area contributed by atoms with Crippen molar-refractivity contribution in [3.63, 3.8) is 0 Å². The standard InChI is InChI=1S/C28H26N4O4/c29-18-20-1-5-24(6-2-20)35-26-15-22(28(34)31-23-9-11-32(12-10-23)13-14-33)16-27(17-26)36-25-7-3-21(19-30)4-8-25/h1-8,15-17,23,33H,9-14H2,(H,31,34). The lowest BCUT2D eigenvalue weighted by atomic mass is 10.0. The summed E-state index contributed by atoms with van der Waals surface area (Å²) in [6.45, 7) is 2.41. The molecule has 0 aromatic heterocycles. The summed E-state index contributed by atoms with van der Waals surface area (Å²) in [5, 5.41) is 30.3. The predicted molar refractivity (Wildman–Crippen MR) is 133 cm³/mol. The van der Waals surface area contributed by atoms with Crippen LogP contribution >= 0.6 is 0 Å². The van der Waals surface area contributed by atoms with Crippen molar-refractivity contribution in [3.8, 4) is 35.1 Å². The number of carbonyl (C=O) groups is 1. The van der Waals surface area contributed by atoms with E-state index in [-0.39, 0.29) is 18.6 Å². The fraction of sp³-hybridized carbons (Fsp3) is 0.250. The second kappa shape index (κ2) is 11.9. The third-order valence-electron chi connectivity index (χ3n) is 5.92. The lowest BCUT2D eigenvalue weighted by Gasteiger charge is -2.31. The molecule has 0 spiro atoms. The number of nitriles is 2. The number of ether oxygens (including phenoxy) is 2. The molecule has 182 valence electrons. The Hall–Kier alpha value is -4.37. The Morgan fingerprint density at radius 2 is 1.36 bits per heavy atom. The van der Waals surface area contributed by atoms with Gasteiger partial charge in [-0.3, -0.25) is 4.79 Å². The van der Waals surface area contributed by atoms with Crippen LogP contribution in [-0.4, -0.2) is 48.2 Å². The molecule has 1 amide bonds. The summed E-state index contributed by atoms with van der Waals surface area (Å²) in [7, 11) is 0. The van der Waals surface area contributed by atoms with Crippen molar-refractivity contribution in [3.05, 3.63) is 83.4 Å². The van der Waals surface area contributed by atoms with Crippen molar-refractivity contribution in [1.82, 2.24) is 10.2 Å². The van der Waals surface area contributed by atoms with Gasteiger partial charge in [0.1, 0.15) is 23.0 Å². The SMILES string of the molecule is N#Cc1ccc(Oc2cc(Oc3ccc(C#N)cc3)cc(C(=O)NC3CCN(CCO)CC3)c2)cc1. The van der Waals surface area contributed by atoms with Gasteiger partial charge in [-0.25, -0.2) is 0 Å². The molecule has 1 aliphatic rings. The van der Waals surface area contributed by atoms with Crippen LogP contribution in [0.4, 0.5) is 0 Å². The first kappa shape index (κ1) is 24.7. The maximum absolute atomic E-state index is 13.1. The second-order valence-corrected chi connectivity index (χ2v) is 8.48. The molecule has 0 aliphatic carbocycles. The molecule has 8 heteroatoms. The average molecular weight is 483 g/mol. The van der Waals surface area contributed by atoms with Crippen molar-refractivity contribution in [2.24, 2.45) is 0 Å². The topological polar surface area (TPSA) is 119 Å². The Morgan fingerprint density at radius 3 is 1.81 bits per heavy atom. The number of hydrogen-bond donors (Lipinski definition) is 2. The Labute approximate surface area is 209 Å². The van der Waals surface area contributed by atoms with E-state index in [9.17, 15) is 4.79 Å². The van der Waals surface area contributed by atoms with E-state index < -0.39 is 0 Å².